The molecule has 0 heterocycles. The van der Waals surface area contributed by atoms with Gasteiger partial charge in [0.25, 0.3) is 0 Å². The number of hydrogen-bond acceptors (Lipinski definition) is 6. The molecule has 6 nitrogen and oxygen atoms in total. The third kappa shape index (κ3) is 52.9. The van der Waals surface area contributed by atoms with Crippen molar-refractivity contribution in [2.75, 3.05) is 13.2 Å². The van der Waals surface area contributed by atoms with Gasteiger partial charge in [-0.2, -0.15) is 0 Å². The maximum Gasteiger partial charge on any atom is 0.306 e. The highest BCUT2D eigenvalue weighted by molar-refractivity contribution is 5.71. The maximum atomic E-state index is 12.9. The Balaban J connectivity index is 4.32. The zero-order chi connectivity index (χ0) is 47.9. The molecule has 0 saturated carbocycles. The van der Waals surface area contributed by atoms with E-state index in [1.54, 1.807) is 0 Å². The molecule has 0 radical (unpaired) electrons. The fraction of sp³-hybridized carbons (Fsp3) is 0.883. The summed E-state index contributed by atoms with van der Waals surface area (Å²) in [5, 5.41) is 0. The third-order valence-electron chi connectivity index (χ3n) is 13.2. The number of allylic oxidation sites excluding steroid dienone is 4. The molecule has 0 aliphatic rings. The molecular formula is C60H112O6. The van der Waals surface area contributed by atoms with Gasteiger partial charge in [-0.05, 0) is 70.6 Å². The van der Waals surface area contributed by atoms with Crippen LogP contribution in [0.15, 0.2) is 24.3 Å². The molecule has 0 aromatic carbocycles. The summed E-state index contributed by atoms with van der Waals surface area (Å²) in [6.45, 7) is 6.66. The molecule has 0 aromatic heterocycles. The fourth-order valence-corrected chi connectivity index (χ4v) is 8.73. The maximum absolute atomic E-state index is 12.9. The Kier molecular flexibility index (Phi) is 53.7. The predicted molar refractivity (Wildman–Crippen MR) is 284 cm³/mol. The van der Waals surface area contributed by atoms with Crippen molar-refractivity contribution in [1.29, 1.82) is 0 Å². The summed E-state index contributed by atoms with van der Waals surface area (Å²) in [6.07, 6.45) is 64.5. The number of ether oxygens (including phenoxy) is 3. The first-order valence-corrected chi connectivity index (χ1v) is 29.3. The van der Waals surface area contributed by atoms with Gasteiger partial charge in [0.1, 0.15) is 13.2 Å². The van der Waals surface area contributed by atoms with Gasteiger partial charge in [0.05, 0.1) is 0 Å². The quantitative estimate of drug-likeness (QED) is 0.0262. The predicted octanol–water partition coefficient (Wildman–Crippen LogP) is 19.5. The number of carbonyl (C=O) groups is 3. The minimum absolute atomic E-state index is 0.0718. The first kappa shape index (κ1) is 63.9. The Morgan fingerprint density at radius 3 is 0.773 bits per heavy atom. The Hall–Kier alpha value is -2.11. The molecule has 0 N–H and O–H groups in total. The van der Waals surface area contributed by atoms with E-state index in [9.17, 15) is 14.4 Å². The van der Waals surface area contributed by atoms with Crippen LogP contribution in [0.5, 0.6) is 0 Å². The average Bonchev–Trinajstić information content (AvgIpc) is 3.31. The normalized spacial score (nSPS) is 12.1. The van der Waals surface area contributed by atoms with E-state index in [2.05, 4.69) is 45.1 Å². The molecule has 0 spiro atoms. The summed E-state index contributed by atoms with van der Waals surface area (Å²) >= 11 is 0. The number of esters is 3. The molecule has 388 valence electrons. The van der Waals surface area contributed by atoms with Gasteiger partial charge in [0.15, 0.2) is 6.10 Å². The average molecular weight is 930 g/mol. The van der Waals surface area contributed by atoms with Gasteiger partial charge < -0.3 is 14.2 Å². The van der Waals surface area contributed by atoms with Crippen molar-refractivity contribution >= 4 is 17.9 Å². The minimum Gasteiger partial charge on any atom is -0.462 e. The Labute approximate surface area is 411 Å². The molecule has 0 fully saturated rings. The molecule has 1 unspecified atom stereocenters. The highest BCUT2D eigenvalue weighted by Gasteiger charge is 2.19. The van der Waals surface area contributed by atoms with Gasteiger partial charge in [-0.15, -0.1) is 0 Å². The van der Waals surface area contributed by atoms with E-state index in [0.29, 0.717) is 19.3 Å². The number of hydrogen-bond donors (Lipinski definition) is 0. The molecular weight excluding hydrogens is 817 g/mol. The van der Waals surface area contributed by atoms with E-state index < -0.39 is 6.10 Å². The highest BCUT2D eigenvalue weighted by Crippen LogP contribution is 2.17. The van der Waals surface area contributed by atoms with Crippen LogP contribution in [0.2, 0.25) is 0 Å². The fourth-order valence-electron chi connectivity index (χ4n) is 8.73. The lowest BCUT2D eigenvalue weighted by atomic mass is 10.0. The van der Waals surface area contributed by atoms with Crippen molar-refractivity contribution in [2.45, 2.75) is 329 Å². The van der Waals surface area contributed by atoms with Crippen LogP contribution in [-0.4, -0.2) is 37.2 Å². The molecule has 0 aliphatic carbocycles. The summed E-state index contributed by atoms with van der Waals surface area (Å²) in [6, 6.07) is 0. The minimum atomic E-state index is -0.772. The second-order valence-corrected chi connectivity index (χ2v) is 19.9. The van der Waals surface area contributed by atoms with Crippen molar-refractivity contribution in [2.24, 2.45) is 0 Å². The second kappa shape index (κ2) is 55.5. The van der Waals surface area contributed by atoms with Crippen molar-refractivity contribution in [1.82, 2.24) is 0 Å². The number of carbonyl (C=O) groups excluding carboxylic acids is 3. The lowest BCUT2D eigenvalue weighted by Gasteiger charge is -2.18. The van der Waals surface area contributed by atoms with Gasteiger partial charge >= 0.3 is 17.9 Å². The molecule has 66 heavy (non-hydrogen) atoms. The summed E-state index contributed by atoms with van der Waals surface area (Å²) < 4.78 is 16.9. The molecule has 6 heteroatoms. The lowest BCUT2D eigenvalue weighted by molar-refractivity contribution is -0.167. The van der Waals surface area contributed by atoms with Crippen LogP contribution in [-0.2, 0) is 28.6 Å². The van der Waals surface area contributed by atoms with Crippen LogP contribution in [0.1, 0.15) is 323 Å². The van der Waals surface area contributed by atoms with E-state index in [-0.39, 0.29) is 31.1 Å². The first-order chi connectivity index (χ1) is 32.5. The SMILES string of the molecule is CCCCCC/C=C\CCCCCCCC(=O)OCC(COC(=O)CCCCCCCCC/C=C\CCCCCCCCC)OC(=O)CCCCCCCCCCCCCCCCCCC. The van der Waals surface area contributed by atoms with E-state index in [0.717, 1.165) is 64.2 Å². The van der Waals surface area contributed by atoms with Crippen LogP contribution < -0.4 is 0 Å². The van der Waals surface area contributed by atoms with Crippen molar-refractivity contribution in [3.8, 4) is 0 Å². The van der Waals surface area contributed by atoms with Crippen LogP contribution in [0.3, 0.4) is 0 Å². The third-order valence-corrected chi connectivity index (χ3v) is 13.2. The van der Waals surface area contributed by atoms with E-state index in [4.69, 9.17) is 14.2 Å². The largest absolute Gasteiger partial charge is 0.462 e. The molecule has 0 rings (SSSR count). The van der Waals surface area contributed by atoms with E-state index in [1.807, 2.05) is 0 Å². The first-order valence-electron chi connectivity index (χ1n) is 29.3. The molecule has 0 bridgehead atoms. The smallest absolute Gasteiger partial charge is 0.306 e. The topological polar surface area (TPSA) is 78.9 Å². The lowest BCUT2D eigenvalue weighted by Crippen LogP contribution is -2.30. The van der Waals surface area contributed by atoms with Crippen molar-refractivity contribution in [3.63, 3.8) is 0 Å². The second-order valence-electron chi connectivity index (χ2n) is 19.9. The van der Waals surface area contributed by atoms with Gasteiger partial charge in [-0.25, -0.2) is 0 Å². The van der Waals surface area contributed by atoms with Crippen LogP contribution in [0.4, 0.5) is 0 Å². The molecule has 0 aliphatic heterocycles. The van der Waals surface area contributed by atoms with Crippen molar-refractivity contribution < 1.29 is 28.6 Å². The zero-order valence-corrected chi connectivity index (χ0v) is 44.5. The monoisotopic (exact) mass is 929 g/mol. The zero-order valence-electron chi connectivity index (χ0n) is 44.5. The van der Waals surface area contributed by atoms with Gasteiger partial charge in [-0.1, -0.05) is 257 Å². The summed E-state index contributed by atoms with van der Waals surface area (Å²) in [5.41, 5.74) is 0. The Morgan fingerprint density at radius 2 is 0.500 bits per heavy atom. The van der Waals surface area contributed by atoms with Gasteiger partial charge in [0.2, 0.25) is 0 Å². The van der Waals surface area contributed by atoms with Gasteiger partial charge in [0, 0.05) is 19.3 Å². The number of unbranched alkanes of at least 4 members (excludes halogenated alkanes) is 39. The standard InChI is InChI=1S/C60H112O6/c1-4-7-10-13-16-19-22-25-27-29-31-32-35-38-41-44-47-50-53-59(62)65-56-57(55-64-58(61)52-49-46-43-40-37-34-24-21-18-15-12-9-6-3)66-60(63)54-51-48-45-42-39-36-33-30-28-26-23-20-17-14-11-8-5-2/h21,24,27,29,57H,4-20,22-23,25-26,28,30-56H2,1-3H3/b24-21-,29-27-. The Bertz CT molecular complexity index is 1070. The number of rotatable bonds is 54. The highest BCUT2D eigenvalue weighted by atomic mass is 16.6. The summed E-state index contributed by atoms with van der Waals surface area (Å²) in [4.78, 5) is 38.1. The van der Waals surface area contributed by atoms with E-state index in [1.165, 1.54) is 218 Å². The molecule has 0 amide bonds. The summed E-state index contributed by atoms with van der Waals surface area (Å²) in [5.74, 6) is -0.864. The molecule has 1 atom stereocenters. The van der Waals surface area contributed by atoms with Crippen molar-refractivity contribution in [3.05, 3.63) is 24.3 Å². The van der Waals surface area contributed by atoms with Crippen LogP contribution in [0, 0.1) is 0 Å². The Morgan fingerprint density at radius 1 is 0.288 bits per heavy atom. The molecule has 0 saturated heterocycles. The van der Waals surface area contributed by atoms with E-state index >= 15 is 0 Å². The van der Waals surface area contributed by atoms with Crippen LogP contribution >= 0.6 is 0 Å². The molecule has 0 aromatic rings. The summed E-state index contributed by atoms with van der Waals surface area (Å²) in [7, 11) is 0. The van der Waals surface area contributed by atoms with Gasteiger partial charge in [-0.3, -0.25) is 14.4 Å². The van der Waals surface area contributed by atoms with Crippen LogP contribution in [0.25, 0.3) is 0 Å².